The van der Waals surface area contributed by atoms with Crippen molar-refractivity contribution in [3.8, 4) is 0 Å². The number of rotatable bonds is 4. The maximum atomic E-state index is 13.7. The van der Waals surface area contributed by atoms with E-state index in [1.54, 1.807) is 12.1 Å². The van der Waals surface area contributed by atoms with Crippen LogP contribution in [0, 0.1) is 23.6 Å². The second-order valence-electron chi connectivity index (χ2n) is 7.85. The van der Waals surface area contributed by atoms with Crippen molar-refractivity contribution in [1.29, 1.82) is 0 Å². The van der Waals surface area contributed by atoms with Gasteiger partial charge in [0.2, 0.25) is 0 Å². The first kappa shape index (κ1) is 17.3. The molecule has 0 unspecified atom stereocenters. The summed E-state index contributed by atoms with van der Waals surface area (Å²) >= 11 is 5.80. The van der Waals surface area contributed by atoms with Gasteiger partial charge in [-0.1, -0.05) is 50.3 Å². The van der Waals surface area contributed by atoms with Gasteiger partial charge in [-0.2, -0.15) is 0 Å². The second-order valence-corrected chi connectivity index (χ2v) is 8.26. The van der Waals surface area contributed by atoms with Crippen LogP contribution in [-0.2, 0) is 0 Å². The lowest BCUT2D eigenvalue weighted by atomic mass is 9.68. The molecule has 0 saturated heterocycles. The Morgan fingerprint density at radius 1 is 0.957 bits per heavy atom. The first-order valence-corrected chi connectivity index (χ1v) is 10.00. The topological polar surface area (TPSA) is 0 Å². The molecule has 2 saturated carbocycles. The van der Waals surface area contributed by atoms with E-state index in [0.717, 1.165) is 23.3 Å². The van der Waals surface area contributed by atoms with Gasteiger partial charge in [0.25, 0.3) is 0 Å². The average Bonchev–Trinajstić information content (AvgIpc) is 2.59. The van der Waals surface area contributed by atoms with Crippen molar-refractivity contribution in [3.05, 3.63) is 34.6 Å². The Hall–Kier alpha value is -0.560. The average molecular weight is 337 g/mol. The quantitative estimate of drug-likeness (QED) is 0.538. The van der Waals surface area contributed by atoms with Crippen LogP contribution in [0.25, 0.3) is 0 Å². The van der Waals surface area contributed by atoms with E-state index in [4.69, 9.17) is 11.6 Å². The van der Waals surface area contributed by atoms with Crippen LogP contribution in [0.3, 0.4) is 0 Å². The Kier molecular flexibility index (Phi) is 6.01. The van der Waals surface area contributed by atoms with E-state index >= 15 is 0 Å². The van der Waals surface area contributed by atoms with Crippen LogP contribution in [0.5, 0.6) is 0 Å². The van der Waals surface area contributed by atoms with E-state index in [1.807, 2.05) is 6.07 Å². The second kappa shape index (κ2) is 8.01. The Morgan fingerprint density at radius 2 is 1.57 bits per heavy atom. The molecule has 0 aliphatic heterocycles. The van der Waals surface area contributed by atoms with Crippen molar-refractivity contribution in [2.75, 3.05) is 0 Å². The van der Waals surface area contributed by atoms with Gasteiger partial charge in [-0.25, -0.2) is 4.39 Å². The van der Waals surface area contributed by atoms with Gasteiger partial charge in [0, 0.05) is 0 Å². The van der Waals surface area contributed by atoms with Crippen LogP contribution in [0.2, 0.25) is 5.02 Å². The van der Waals surface area contributed by atoms with Crippen molar-refractivity contribution in [2.45, 2.75) is 77.0 Å². The molecule has 2 aliphatic carbocycles. The Morgan fingerprint density at radius 3 is 2.13 bits per heavy atom. The summed E-state index contributed by atoms with van der Waals surface area (Å²) in [5.41, 5.74) is 1.15. The minimum absolute atomic E-state index is 0.242. The number of hydrogen-bond donors (Lipinski definition) is 0. The third kappa shape index (κ3) is 4.29. The van der Waals surface area contributed by atoms with Gasteiger partial charge in [-0.15, -0.1) is 0 Å². The number of hydrogen-bond acceptors (Lipinski definition) is 0. The molecular weight excluding hydrogens is 307 g/mol. The normalized spacial score (nSPS) is 32.0. The molecule has 23 heavy (non-hydrogen) atoms. The SMILES string of the molecule is CCC[C@H]1CC[C@H](C2CCC(c3ccc(Cl)c(F)c3)CC2)CC1. The van der Waals surface area contributed by atoms with Crippen LogP contribution in [0.1, 0.15) is 82.6 Å². The van der Waals surface area contributed by atoms with Gasteiger partial charge in [-0.05, 0) is 79.9 Å². The number of benzene rings is 1. The summed E-state index contributed by atoms with van der Waals surface area (Å²) in [5.74, 6) is 3.16. The van der Waals surface area contributed by atoms with Crippen LogP contribution < -0.4 is 0 Å². The van der Waals surface area contributed by atoms with Crippen molar-refractivity contribution < 1.29 is 4.39 Å². The van der Waals surface area contributed by atoms with E-state index in [2.05, 4.69) is 6.92 Å². The van der Waals surface area contributed by atoms with Crippen LogP contribution in [-0.4, -0.2) is 0 Å². The highest BCUT2D eigenvalue weighted by Gasteiger charge is 2.31. The summed E-state index contributed by atoms with van der Waals surface area (Å²) in [7, 11) is 0. The molecule has 2 aliphatic rings. The molecule has 0 bridgehead atoms. The highest BCUT2D eigenvalue weighted by atomic mass is 35.5. The lowest BCUT2D eigenvalue weighted by Gasteiger charge is -2.38. The van der Waals surface area contributed by atoms with Gasteiger partial charge in [0.05, 0.1) is 5.02 Å². The fraction of sp³-hybridized carbons (Fsp3) is 0.714. The zero-order valence-corrected chi connectivity index (χ0v) is 15.1. The standard InChI is InChI=1S/C21H30ClF/c1-2-3-15-4-6-16(7-5-15)17-8-10-18(11-9-17)19-12-13-20(22)21(23)14-19/h12-18H,2-11H2,1H3/t15-,16-,17?,18?. The van der Waals surface area contributed by atoms with Gasteiger partial charge in [0.15, 0.2) is 0 Å². The van der Waals surface area contributed by atoms with E-state index < -0.39 is 0 Å². The molecule has 0 heterocycles. The summed E-state index contributed by atoms with van der Waals surface area (Å²) < 4.78 is 13.7. The van der Waals surface area contributed by atoms with E-state index in [1.165, 1.54) is 64.2 Å². The summed E-state index contributed by atoms with van der Waals surface area (Å²) in [6.45, 7) is 2.31. The van der Waals surface area contributed by atoms with Gasteiger partial charge < -0.3 is 0 Å². The molecule has 0 nitrogen and oxygen atoms in total. The Bertz CT molecular complexity index is 497. The molecule has 0 radical (unpaired) electrons. The summed E-state index contributed by atoms with van der Waals surface area (Å²) in [5, 5.41) is 0.242. The van der Waals surface area contributed by atoms with Gasteiger partial charge >= 0.3 is 0 Å². The molecular formula is C21H30ClF. The van der Waals surface area contributed by atoms with E-state index in [0.29, 0.717) is 5.92 Å². The molecule has 2 fully saturated rings. The molecule has 2 heteroatoms. The minimum atomic E-state index is -0.263. The Labute approximate surface area is 145 Å². The number of halogens is 2. The van der Waals surface area contributed by atoms with Gasteiger partial charge in [0.1, 0.15) is 5.82 Å². The fourth-order valence-corrected chi connectivity index (χ4v) is 5.16. The summed E-state index contributed by atoms with van der Waals surface area (Å²) in [6, 6.07) is 5.39. The molecule has 3 rings (SSSR count). The van der Waals surface area contributed by atoms with Crippen LogP contribution in [0.15, 0.2) is 18.2 Å². The maximum Gasteiger partial charge on any atom is 0.142 e. The van der Waals surface area contributed by atoms with Crippen molar-refractivity contribution in [1.82, 2.24) is 0 Å². The fourth-order valence-electron chi connectivity index (χ4n) is 5.05. The zero-order valence-electron chi connectivity index (χ0n) is 14.4. The molecule has 128 valence electrons. The lowest BCUT2D eigenvalue weighted by Crippen LogP contribution is -2.25. The molecule has 0 aromatic heterocycles. The van der Waals surface area contributed by atoms with Crippen molar-refractivity contribution in [3.63, 3.8) is 0 Å². The largest absolute Gasteiger partial charge is 0.205 e. The first-order chi connectivity index (χ1) is 11.2. The Balaban J connectivity index is 1.50. The molecule has 1 aromatic carbocycles. The molecule has 0 spiro atoms. The smallest absolute Gasteiger partial charge is 0.142 e. The molecule has 0 atom stereocenters. The lowest BCUT2D eigenvalue weighted by molar-refractivity contribution is 0.156. The monoisotopic (exact) mass is 336 g/mol. The van der Waals surface area contributed by atoms with E-state index in [-0.39, 0.29) is 10.8 Å². The maximum absolute atomic E-state index is 13.7. The third-order valence-electron chi connectivity index (χ3n) is 6.44. The first-order valence-electron chi connectivity index (χ1n) is 9.62. The predicted octanol–water partition coefficient (Wildman–Crippen LogP) is 7.36. The molecule has 0 amide bonds. The van der Waals surface area contributed by atoms with Crippen molar-refractivity contribution in [2.24, 2.45) is 17.8 Å². The molecule has 1 aromatic rings. The van der Waals surface area contributed by atoms with Crippen LogP contribution in [0.4, 0.5) is 4.39 Å². The third-order valence-corrected chi connectivity index (χ3v) is 6.75. The van der Waals surface area contributed by atoms with Crippen LogP contribution >= 0.6 is 11.6 Å². The zero-order chi connectivity index (χ0) is 16.2. The molecule has 0 N–H and O–H groups in total. The minimum Gasteiger partial charge on any atom is -0.205 e. The predicted molar refractivity (Wildman–Crippen MR) is 96.5 cm³/mol. The highest BCUT2D eigenvalue weighted by Crippen LogP contribution is 2.44. The summed E-state index contributed by atoms with van der Waals surface area (Å²) in [6.07, 6.45) is 13.7. The summed E-state index contributed by atoms with van der Waals surface area (Å²) in [4.78, 5) is 0. The van der Waals surface area contributed by atoms with E-state index in [9.17, 15) is 4.39 Å². The van der Waals surface area contributed by atoms with Crippen molar-refractivity contribution >= 4 is 11.6 Å². The highest BCUT2D eigenvalue weighted by molar-refractivity contribution is 6.30. The van der Waals surface area contributed by atoms with Gasteiger partial charge in [-0.3, -0.25) is 0 Å².